The van der Waals surface area contributed by atoms with E-state index in [-0.39, 0.29) is 6.04 Å². The van der Waals surface area contributed by atoms with Crippen LogP contribution in [-0.4, -0.2) is 5.16 Å². The van der Waals surface area contributed by atoms with Crippen molar-refractivity contribution in [3.63, 3.8) is 0 Å². The van der Waals surface area contributed by atoms with E-state index in [0.717, 1.165) is 16.9 Å². The Labute approximate surface area is 100 Å². The van der Waals surface area contributed by atoms with Gasteiger partial charge in [0.2, 0.25) is 0 Å². The molecule has 4 heteroatoms. The maximum absolute atomic E-state index is 5.90. The van der Waals surface area contributed by atoms with Gasteiger partial charge in [0.15, 0.2) is 5.76 Å². The van der Waals surface area contributed by atoms with Crippen LogP contribution in [0.2, 0.25) is 0 Å². The lowest BCUT2D eigenvalue weighted by atomic mass is 10.1. The number of aromatic nitrogens is 1. The van der Waals surface area contributed by atoms with E-state index in [2.05, 4.69) is 5.16 Å². The molecule has 0 saturated carbocycles. The van der Waals surface area contributed by atoms with E-state index in [1.807, 2.05) is 32.0 Å². The summed E-state index contributed by atoms with van der Waals surface area (Å²) in [5.74, 6) is 1.50. The molecule has 90 valence electrons. The largest absolute Gasteiger partial charge is 0.485 e. The van der Waals surface area contributed by atoms with Crippen molar-refractivity contribution in [2.75, 3.05) is 0 Å². The van der Waals surface area contributed by atoms with E-state index in [4.69, 9.17) is 15.0 Å². The van der Waals surface area contributed by atoms with Gasteiger partial charge in [-0.1, -0.05) is 17.3 Å². The first-order valence-electron chi connectivity index (χ1n) is 5.55. The fraction of sp³-hybridized carbons (Fsp3) is 0.308. The van der Waals surface area contributed by atoms with Crippen LogP contribution in [0.15, 0.2) is 35.0 Å². The van der Waals surface area contributed by atoms with E-state index in [9.17, 15) is 0 Å². The summed E-state index contributed by atoms with van der Waals surface area (Å²) in [7, 11) is 0. The van der Waals surface area contributed by atoms with E-state index >= 15 is 0 Å². The molecule has 0 aliphatic carbocycles. The average Bonchev–Trinajstić information content (AvgIpc) is 2.78. The monoisotopic (exact) mass is 232 g/mol. The number of ether oxygens (including phenoxy) is 1. The van der Waals surface area contributed by atoms with Crippen LogP contribution in [0.3, 0.4) is 0 Å². The highest BCUT2D eigenvalue weighted by atomic mass is 16.5. The Kier molecular flexibility index (Phi) is 3.44. The molecular formula is C13H16N2O2. The summed E-state index contributed by atoms with van der Waals surface area (Å²) in [6, 6.07) is 7.73. The maximum Gasteiger partial charge on any atom is 0.174 e. The number of benzene rings is 1. The number of hydrogen-bond acceptors (Lipinski definition) is 4. The molecule has 2 rings (SSSR count). The summed E-state index contributed by atoms with van der Waals surface area (Å²) in [5, 5.41) is 3.63. The van der Waals surface area contributed by atoms with Crippen molar-refractivity contribution in [1.82, 2.24) is 5.16 Å². The van der Waals surface area contributed by atoms with Crippen LogP contribution in [0.1, 0.15) is 29.9 Å². The highest BCUT2D eigenvalue weighted by Crippen LogP contribution is 2.25. The second kappa shape index (κ2) is 5.01. The van der Waals surface area contributed by atoms with Crippen LogP contribution in [0.4, 0.5) is 0 Å². The van der Waals surface area contributed by atoms with Crippen LogP contribution in [0, 0.1) is 6.92 Å². The molecule has 0 amide bonds. The predicted molar refractivity (Wildman–Crippen MR) is 64.6 cm³/mol. The van der Waals surface area contributed by atoms with Crippen LogP contribution < -0.4 is 10.5 Å². The molecule has 17 heavy (non-hydrogen) atoms. The Morgan fingerprint density at radius 2 is 2.24 bits per heavy atom. The molecule has 0 radical (unpaired) electrons. The van der Waals surface area contributed by atoms with Crippen LogP contribution in [0.5, 0.6) is 5.75 Å². The molecular weight excluding hydrogens is 216 g/mol. The van der Waals surface area contributed by atoms with Gasteiger partial charge in [-0.2, -0.15) is 0 Å². The molecule has 0 spiro atoms. The molecule has 0 saturated heterocycles. The third-order valence-electron chi connectivity index (χ3n) is 2.52. The number of aryl methyl sites for hydroxylation is 1. The molecule has 0 bridgehead atoms. The zero-order valence-corrected chi connectivity index (χ0v) is 10.0. The molecule has 1 aromatic carbocycles. The highest BCUT2D eigenvalue weighted by Gasteiger charge is 2.09. The molecule has 0 fully saturated rings. The van der Waals surface area contributed by atoms with Crippen molar-refractivity contribution >= 4 is 0 Å². The summed E-state index contributed by atoms with van der Waals surface area (Å²) in [6.07, 6.45) is 1.60. The summed E-state index contributed by atoms with van der Waals surface area (Å²) < 4.78 is 10.7. The first-order chi connectivity index (χ1) is 8.16. The Morgan fingerprint density at radius 1 is 1.41 bits per heavy atom. The minimum atomic E-state index is -0.0553. The standard InChI is InChI=1S/C13H16N2O2/c1-9-3-4-12(10(2)14)13(7-9)16-8-11-5-6-15-17-11/h3-7,10H,8,14H2,1-2H3/t10-/m1/s1. The number of nitrogens with two attached hydrogens (primary N) is 1. The molecule has 1 aromatic heterocycles. The fourth-order valence-corrected chi connectivity index (χ4v) is 1.61. The summed E-state index contributed by atoms with van der Waals surface area (Å²) in [4.78, 5) is 0. The van der Waals surface area contributed by atoms with Gasteiger partial charge in [-0.25, -0.2) is 0 Å². The van der Waals surface area contributed by atoms with Crippen molar-refractivity contribution in [2.45, 2.75) is 26.5 Å². The first kappa shape index (κ1) is 11.7. The van der Waals surface area contributed by atoms with E-state index in [0.29, 0.717) is 12.4 Å². The van der Waals surface area contributed by atoms with Gasteiger partial charge >= 0.3 is 0 Å². The summed E-state index contributed by atoms with van der Waals surface area (Å²) >= 11 is 0. The molecule has 2 N–H and O–H groups in total. The van der Waals surface area contributed by atoms with Crippen molar-refractivity contribution in [1.29, 1.82) is 0 Å². The number of hydrogen-bond donors (Lipinski definition) is 1. The number of nitrogens with zero attached hydrogens (tertiary/aromatic N) is 1. The Morgan fingerprint density at radius 3 is 2.88 bits per heavy atom. The lowest BCUT2D eigenvalue weighted by molar-refractivity contribution is 0.246. The van der Waals surface area contributed by atoms with Crippen molar-refractivity contribution in [2.24, 2.45) is 5.73 Å². The topological polar surface area (TPSA) is 61.3 Å². The van der Waals surface area contributed by atoms with Crippen molar-refractivity contribution < 1.29 is 9.26 Å². The van der Waals surface area contributed by atoms with Crippen LogP contribution in [-0.2, 0) is 6.61 Å². The first-order valence-corrected chi connectivity index (χ1v) is 5.55. The van der Waals surface area contributed by atoms with E-state index in [1.54, 1.807) is 12.3 Å². The smallest absolute Gasteiger partial charge is 0.174 e. The van der Waals surface area contributed by atoms with Gasteiger partial charge in [0, 0.05) is 17.7 Å². The second-order valence-electron chi connectivity index (χ2n) is 4.10. The molecule has 1 heterocycles. The molecule has 4 nitrogen and oxygen atoms in total. The minimum Gasteiger partial charge on any atom is -0.485 e. The van der Waals surface area contributed by atoms with Gasteiger partial charge in [-0.15, -0.1) is 0 Å². The Balaban J connectivity index is 2.16. The van der Waals surface area contributed by atoms with Crippen molar-refractivity contribution in [3.05, 3.63) is 47.3 Å². The molecule has 0 aliphatic heterocycles. The average molecular weight is 232 g/mol. The second-order valence-corrected chi connectivity index (χ2v) is 4.10. The predicted octanol–water partition coefficient (Wildman–Crippen LogP) is 2.58. The van der Waals surface area contributed by atoms with Gasteiger partial charge in [0.05, 0.1) is 6.20 Å². The molecule has 0 unspecified atom stereocenters. The Hall–Kier alpha value is -1.81. The third-order valence-corrected chi connectivity index (χ3v) is 2.52. The van der Waals surface area contributed by atoms with Gasteiger partial charge in [0.1, 0.15) is 12.4 Å². The lowest BCUT2D eigenvalue weighted by Crippen LogP contribution is -2.08. The zero-order valence-electron chi connectivity index (χ0n) is 10.0. The molecule has 2 aromatic rings. The summed E-state index contributed by atoms with van der Waals surface area (Å²) in [5.41, 5.74) is 8.03. The van der Waals surface area contributed by atoms with Crippen molar-refractivity contribution in [3.8, 4) is 5.75 Å². The zero-order chi connectivity index (χ0) is 12.3. The van der Waals surface area contributed by atoms with Gasteiger partial charge in [-0.3, -0.25) is 0 Å². The minimum absolute atomic E-state index is 0.0553. The SMILES string of the molecule is Cc1ccc([C@@H](C)N)c(OCc2ccno2)c1. The quantitative estimate of drug-likeness (QED) is 0.880. The molecule has 1 atom stereocenters. The third kappa shape index (κ3) is 2.85. The van der Waals surface area contributed by atoms with Gasteiger partial charge < -0.3 is 15.0 Å². The van der Waals surface area contributed by atoms with Gasteiger partial charge in [0.25, 0.3) is 0 Å². The summed E-state index contributed by atoms with van der Waals surface area (Å²) in [6.45, 7) is 4.32. The van der Waals surface area contributed by atoms with E-state index < -0.39 is 0 Å². The van der Waals surface area contributed by atoms with Crippen LogP contribution in [0.25, 0.3) is 0 Å². The highest BCUT2D eigenvalue weighted by molar-refractivity contribution is 5.38. The Bertz CT molecular complexity index is 478. The molecule has 0 aliphatic rings. The van der Waals surface area contributed by atoms with Gasteiger partial charge in [-0.05, 0) is 25.5 Å². The lowest BCUT2D eigenvalue weighted by Gasteiger charge is -2.13. The van der Waals surface area contributed by atoms with Crippen LogP contribution >= 0.6 is 0 Å². The van der Waals surface area contributed by atoms with E-state index in [1.165, 1.54) is 0 Å². The fourth-order valence-electron chi connectivity index (χ4n) is 1.61. The number of rotatable bonds is 4. The normalized spacial score (nSPS) is 12.4. The maximum atomic E-state index is 5.90.